The molecule has 5 atom stereocenters. The summed E-state index contributed by atoms with van der Waals surface area (Å²) in [7, 11) is 0. The van der Waals surface area contributed by atoms with Gasteiger partial charge in [0, 0.05) is 5.41 Å². The van der Waals surface area contributed by atoms with Crippen LogP contribution in [0.3, 0.4) is 0 Å². The van der Waals surface area contributed by atoms with Gasteiger partial charge in [-0.3, -0.25) is 0 Å². The van der Waals surface area contributed by atoms with E-state index in [0.717, 1.165) is 13.0 Å². The molecular weight excluding hydrogens is 176 g/mol. The third-order valence-corrected chi connectivity index (χ3v) is 4.38. The Balaban J connectivity index is 2.22. The molecule has 2 nitrogen and oxygen atoms in total. The van der Waals surface area contributed by atoms with E-state index in [9.17, 15) is 5.11 Å². The summed E-state index contributed by atoms with van der Waals surface area (Å²) in [5, 5.41) is 9.96. The van der Waals surface area contributed by atoms with E-state index in [-0.39, 0.29) is 11.5 Å². The lowest BCUT2D eigenvalue weighted by atomic mass is 9.69. The Hall–Kier alpha value is -0.340. The molecule has 2 aliphatic rings. The van der Waals surface area contributed by atoms with E-state index >= 15 is 0 Å². The largest absolute Gasteiger partial charge is 0.393 e. The van der Waals surface area contributed by atoms with Crippen LogP contribution in [0.1, 0.15) is 26.7 Å². The van der Waals surface area contributed by atoms with Crippen LogP contribution < -0.4 is 0 Å². The van der Waals surface area contributed by atoms with E-state index in [0.29, 0.717) is 17.9 Å². The summed E-state index contributed by atoms with van der Waals surface area (Å²) < 4.78 is 5.39. The van der Waals surface area contributed by atoms with Crippen molar-refractivity contribution in [3.63, 3.8) is 0 Å². The summed E-state index contributed by atoms with van der Waals surface area (Å²) in [6.45, 7) is 8.85. The first-order chi connectivity index (χ1) is 6.60. The van der Waals surface area contributed by atoms with Gasteiger partial charge in [0.2, 0.25) is 0 Å². The third-order valence-electron chi connectivity index (χ3n) is 4.38. The minimum atomic E-state index is -0.276. The van der Waals surface area contributed by atoms with Gasteiger partial charge in [-0.05, 0) is 31.6 Å². The lowest BCUT2D eigenvalue weighted by molar-refractivity contribution is -0.00623. The first kappa shape index (κ1) is 10.2. The topological polar surface area (TPSA) is 32.8 Å². The molecule has 0 spiro atoms. The van der Waals surface area contributed by atoms with E-state index in [2.05, 4.69) is 13.5 Å². The highest BCUT2D eigenvalue weighted by atomic mass is 16.6. The van der Waals surface area contributed by atoms with E-state index in [1.54, 1.807) is 0 Å². The van der Waals surface area contributed by atoms with Gasteiger partial charge >= 0.3 is 0 Å². The molecule has 0 aromatic heterocycles. The fourth-order valence-electron chi connectivity index (χ4n) is 3.12. The summed E-state index contributed by atoms with van der Waals surface area (Å²) in [5.41, 5.74) is -0.0249. The van der Waals surface area contributed by atoms with Gasteiger partial charge in [0.1, 0.15) is 0 Å². The molecule has 1 unspecified atom stereocenters. The monoisotopic (exact) mass is 196 g/mol. The SMILES string of the molecule is C=C[C@H]1CC[C@@H]([C@@H]2CO2)[C@]1(C)C(C)O. The second-order valence-corrected chi connectivity index (χ2v) is 4.94. The number of hydrogen-bond acceptors (Lipinski definition) is 2. The van der Waals surface area contributed by atoms with Gasteiger partial charge < -0.3 is 9.84 Å². The van der Waals surface area contributed by atoms with Gasteiger partial charge in [-0.1, -0.05) is 13.0 Å². The standard InChI is InChI=1S/C12H20O2/c1-4-9-5-6-10(11-7-14-11)12(9,3)8(2)13/h4,8-11,13H,1,5-7H2,2-3H3/t8?,9-,10-,11-,12+/m0/s1. The Morgan fingerprint density at radius 3 is 2.64 bits per heavy atom. The van der Waals surface area contributed by atoms with Gasteiger partial charge in [0.05, 0.1) is 18.8 Å². The van der Waals surface area contributed by atoms with Crippen LogP contribution in [-0.4, -0.2) is 23.9 Å². The van der Waals surface area contributed by atoms with Crippen molar-refractivity contribution in [1.82, 2.24) is 0 Å². The number of rotatable bonds is 3. The van der Waals surface area contributed by atoms with E-state index in [1.165, 1.54) is 6.42 Å². The van der Waals surface area contributed by atoms with Crippen LogP contribution in [0.5, 0.6) is 0 Å². The van der Waals surface area contributed by atoms with Crippen molar-refractivity contribution < 1.29 is 9.84 Å². The van der Waals surface area contributed by atoms with E-state index in [4.69, 9.17) is 4.74 Å². The molecule has 2 heteroatoms. The molecule has 2 fully saturated rings. The molecule has 1 N–H and O–H groups in total. The number of aliphatic hydroxyl groups excluding tert-OH is 1. The van der Waals surface area contributed by atoms with Crippen LogP contribution in [0.25, 0.3) is 0 Å². The number of epoxide rings is 1. The van der Waals surface area contributed by atoms with Crippen molar-refractivity contribution in [2.75, 3.05) is 6.61 Å². The van der Waals surface area contributed by atoms with Crippen molar-refractivity contribution in [2.45, 2.75) is 38.9 Å². The predicted octanol–water partition coefficient (Wildman–Crippen LogP) is 1.98. The highest BCUT2D eigenvalue weighted by Crippen LogP contribution is 2.54. The lowest BCUT2D eigenvalue weighted by Crippen LogP contribution is -2.40. The molecule has 1 saturated carbocycles. The summed E-state index contributed by atoms with van der Waals surface area (Å²) in [4.78, 5) is 0. The number of ether oxygens (including phenoxy) is 1. The average molecular weight is 196 g/mol. The molecule has 2 rings (SSSR count). The van der Waals surface area contributed by atoms with Crippen LogP contribution in [0.15, 0.2) is 12.7 Å². The number of hydrogen-bond donors (Lipinski definition) is 1. The van der Waals surface area contributed by atoms with E-state index in [1.807, 2.05) is 13.0 Å². The second kappa shape index (κ2) is 3.35. The smallest absolute Gasteiger partial charge is 0.0844 e. The maximum Gasteiger partial charge on any atom is 0.0844 e. The highest BCUT2D eigenvalue weighted by molar-refractivity contribution is 5.07. The summed E-state index contributed by atoms with van der Waals surface area (Å²) in [5.74, 6) is 0.960. The predicted molar refractivity (Wildman–Crippen MR) is 55.9 cm³/mol. The fraction of sp³-hybridized carbons (Fsp3) is 0.833. The number of aliphatic hydroxyl groups is 1. The zero-order chi connectivity index (χ0) is 10.3. The van der Waals surface area contributed by atoms with Gasteiger partial charge in [-0.15, -0.1) is 6.58 Å². The van der Waals surface area contributed by atoms with Crippen molar-refractivity contribution in [1.29, 1.82) is 0 Å². The van der Waals surface area contributed by atoms with Gasteiger partial charge in [-0.2, -0.15) is 0 Å². The average Bonchev–Trinajstić information content (AvgIpc) is 2.91. The Labute approximate surface area is 86.0 Å². The molecule has 1 saturated heterocycles. The highest BCUT2D eigenvalue weighted by Gasteiger charge is 2.54. The number of allylic oxidation sites excluding steroid dienone is 1. The van der Waals surface area contributed by atoms with Crippen LogP contribution >= 0.6 is 0 Å². The Bertz CT molecular complexity index is 232. The molecular formula is C12H20O2. The molecule has 1 aliphatic carbocycles. The first-order valence-electron chi connectivity index (χ1n) is 5.53. The minimum Gasteiger partial charge on any atom is -0.393 e. The molecule has 0 aromatic carbocycles. The quantitative estimate of drug-likeness (QED) is 0.553. The maximum absolute atomic E-state index is 9.96. The van der Waals surface area contributed by atoms with E-state index < -0.39 is 0 Å². The van der Waals surface area contributed by atoms with Crippen LogP contribution in [0.4, 0.5) is 0 Å². The molecule has 14 heavy (non-hydrogen) atoms. The zero-order valence-corrected chi connectivity index (χ0v) is 9.07. The van der Waals surface area contributed by atoms with Gasteiger partial charge in [0.25, 0.3) is 0 Å². The summed E-state index contributed by atoms with van der Waals surface area (Å²) in [6.07, 6.45) is 4.45. The van der Waals surface area contributed by atoms with Gasteiger partial charge in [-0.25, -0.2) is 0 Å². The lowest BCUT2D eigenvalue weighted by Gasteiger charge is -2.38. The molecule has 0 amide bonds. The zero-order valence-electron chi connectivity index (χ0n) is 9.07. The Kier molecular flexibility index (Phi) is 2.44. The second-order valence-electron chi connectivity index (χ2n) is 4.94. The Morgan fingerprint density at radius 2 is 2.21 bits per heavy atom. The van der Waals surface area contributed by atoms with Gasteiger partial charge in [0.15, 0.2) is 0 Å². The fourth-order valence-corrected chi connectivity index (χ4v) is 3.12. The third kappa shape index (κ3) is 1.32. The minimum absolute atomic E-state index is 0.0249. The molecule has 0 bridgehead atoms. The van der Waals surface area contributed by atoms with Crippen molar-refractivity contribution in [3.8, 4) is 0 Å². The normalized spacial score (nSPS) is 48.9. The molecule has 0 radical (unpaired) electrons. The summed E-state index contributed by atoms with van der Waals surface area (Å²) >= 11 is 0. The van der Waals surface area contributed by atoms with Crippen LogP contribution in [0.2, 0.25) is 0 Å². The van der Waals surface area contributed by atoms with Crippen LogP contribution in [0, 0.1) is 17.3 Å². The van der Waals surface area contributed by atoms with Crippen molar-refractivity contribution in [3.05, 3.63) is 12.7 Å². The molecule has 0 aromatic rings. The van der Waals surface area contributed by atoms with Crippen molar-refractivity contribution in [2.24, 2.45) is 17.3 Å². The van der Waals surface area contributed by atoms with Crippen LogP contribution in [-0.2, 0) is 4.74 Å². The molecule has 80 valence electrons. The summed E-state index contributed by atoms with van der Waals surface area (Å²) in [6, 6.07) is 0. The molecule has 1 aliphatic heterocycles. The Morgan fingerprint density at radius 1 is 1.57 bits per heavy atom. The van der Waals surface area contributed by atoms with Crippen molar-refractivity contribution >= 4 is 0 Å². The molecule has 1 heterocycles. The first-order valence-corrected chi connectivity index (χ1v) is 5.53. The maximum atomic E-state index is 9.96.